The van der Waals surface area contributed by atoms with Crippen molar-refractivity contribution in [3.63, 3.8) is 0 Å². The first kappa shape index (κ1) is 15.0. The summed E-state index contributed by atoms with van der Waals surface area (Å²) in [6.45, 7) is 0.590. The molecule has 1 unspecified atom stereocenters. The fraction of sp³-hybridized carbons (Fsp3) is 0.667. The first-order valence-corrected chi connectivity index (χ1v) is 7.89. The average molecular weight is 305 g/mol. The van der Waals surface area contributed by atoms with Gasteiger partial charge in [-0.1, -0.05) is 19.3 Å². The highest BCUT2D eigenvalue weighted by atomic mass is 16.2. The molecule has 2 fully saturated rings. The van der Waals surface area contributed by atoms with Gasteiger partial charge in [-0.05, 0) is 19.3 Å². The molecule has 0 aromatic carbocycles. The molecule has 1 aliphatic carbocycles. The van der Waals surface area contributed by atoms with E-state index < -0.39 is 11.6 Å². The smallest absolute Gasteiger partial charge is 0.249 e. The fourth-order valence-corrected chi connectivity index (χ4v) is 3.33. The predicted molar refractivity (Wildman–Crippen MR) is 82.1 cm³/mol. The van der Waals surface area contributed by atoms with Gasteiger partial charge in [-0.3, -0.25) is 14.3 Å². The van der Waals surface area contributed by atoms with Crippen molar-refractivity contribution in [2.45, 2.75) is 50.1 Å². The highest BCUT2D eigenvalue weighted by Crippen LogP contribution is 2.27. The van der Waals surface area contributed by atoms with E-state index in [1.54, 1.807) is 22.0 Å². The Hall–Kier alpha value is -1.89. The summed E-state index contributed by atoms with van der Waals surface area (Å²) in [5.41, 5.74) is 6.19. The zero-order valence-corrected chi connectivity index (χ0v) is 12.9. The monoisotopic (exact) mass is 305 g/mol. The first-order valence-electron chi connectivity index (χ1n) is 7.89. The molecule has 1 aromatic heterocycles. The number of nitrogens with zero attached hydrogens (tertiary/aromatic N) is 3. The molecule has 1 aliphatic heterocycles. The zero-order chi connectivity index (χ0) is 15.7. The summed E-state index contributed by atoms with van der Waals surface area (Å²) in [5.74, 6) is -0.264. The zero-order valence-electron chi connectivity index (χ0n) is 12.9. The number of rotatable bonds is 3. The molecule has 2 heterocycles. The SMILES string of the molecule is Cn1cc(N2CCC(NC(=O)C3(N)CCCCC3)C2=O)cn1. The second-order valence-electron chi connectivity index (χ2n) is 6.39. The molecule has 7 heteroatoms. The minimum absolute atomic E-state index is 0.0826. The molecular weight excluding hydrogens is 282 g/mol. The van der Waals surface area contributed by atoms with Crippen LogP contribution in [0.3, 0.4) is 0 Å². The third-order valence-electron chi connectivity index (χ3n) is 4.71. The lowest BCUT2D eigenvalue weighted by Gasteiger charge is -2.32. The van der Waals surface area contributed by atoms with Gasteiger partial charge in [0.25, 0.3) is 0 Å². The molecule has 22 heavy (non-hydrogen) atoms. The van der Waals surface area contributed by atoms with E-state index in [-0.39, 0.29) is 11.8 Å². The number of aromatic nitrogens is 2. The van der Waals surface area contributed by atoms with E-state index in [1.807, 2.05) is 7.05 Å². The van der Waals surface area contributed by atoms with E-state index >= 15 is 0 Å². The topological polar surface area (TPSA) is 93.2 Å². The number of amides is 2. The summed E-state index contributed by atoms with van der Waals surface area (Å²) in [4.78, 5) is 26.6. The van der Waals surface area contributed by atoms with Crippen molar-refractivity contribution >= 4 is 17.5 Å². The second kappa shape index (κ2) is 5.72. The molecule has 2 amide bonds. The Morgan fingerprint density at radius 1 is 1.41 bits per heavy atom. The number of hydrogen-bond donors (Lipinski definition) is 2. The number of carbonyl (C=O) groups excluding carboxylic acids is 2. The summed E-state index contributed by atoms with van der Waals surface area (Å²) in [5, 5.41) is 6.94. The van der Waals surface area contributed by atoms with Crippen molar-refractivity contribution in [3.05, 3.63) is 12.4 Å². The number of hydrogen-bond acceptors (Lipinski definition) is 4. The molecule has 1 saturated carbocycles. The van der Waals surface area contributed by atoms with E-state index in [4.69, 9.17) is 5.73 Å². The summed E-state index contributed by atoms with van der Waals surface area (Å²) >= 11 is 0. The summed E-state index contributed by atoms with van der Waals surface area (Å²) < 4.78 is 1.66. The Labute approximate surface area is 129 Å². The minimum Gasteiger partial charge on any atom is -0.343 e. The molecule has 0 bridgehead atoms. The molecule has 3 N–H and O–H groups in total. The van der Waals surface area contributed by atoms with Gasteiger partial charge < -0.3 is 16.0 Å². The second-order valence-corrected chi connectivity index (χ2v) is 6.39. The van der Waals surface area contributed by atoms with Crippen LogP contribution in [0.25, 0.3) is 0 Å². The molecule has 1 saturated heterocycles. The number of nitrogens with one attached hydrogen (secondary N) is 1. The lowest BCUT2D eigenvalue weighted by Crippen LogP contribution is -2.58. The average Bonchev–Trinajstić information content (AvgIpc) is 3.07. The Morgan fingerprint density at radius 2 is 2.14 bits per heavy atom. The Bertz CT molecular complexity index is 576. The Kier molecular flexibility index (Phi) is 3.90. The van der Waals surface area contributed by atoms with Crippen molar-refractivity contribution in [3.8, 4) is 0 Å². The Morgan fingerprint density at radius 3 is 2.77 bits per heavy atom. The Balaban J connectivity index is 1.64. The molecule has 0 radical (unpaired) electrons. The lowest BCUT2D eigenvalue weighted by molar-refractivity contribution is -0.131. The van der Waals surface area contributed by atoms with Crippen molar-refractivity contribution in [1.82, 2.24) is 15.1 Å². The highest BCUT2D eigenvalue weighted by molar-refractivity contribution is 6.02. The van der Waals surface area contributed by atoms with Crippen LogP contribution in [0.5, 0.6) is 0 Å². The first-order chi connectivity index (χ1) is 10.5. The van der Waals surface area contributed by atoms with E-state index in [0.717, 1.165) is 24.9 Å². The van der Waals surface area contributed by atoms with Crippen molar-refractivity contribution in [2.75, 3.05) is 11.4 Å². The van der Waals surface area contributed by atoms with Gasteiger partial charge in [0, 0.05) is 19.8 Å². The summed E-state index contributed by atoms with van der Waals surface area (Å²) in [6.07, 6.45) is 8.55. The predicted octanol–water partition coefficient (Wildman–Crippen LogP) is 0.303. The molecule has 120 valence electrons. The van der Waals surface area contributed by atoms with Crippen molar-refractivity contribution in [1.29, 1.82) is 0 Å². The van der Waals surface area contributed by atoms with Crippen LogP contribution in [-0.4, -0.2) is 39.7 Å². The number of nitrogens with two attached hydrogens (primary N) is 1. The molecule has 2 aliphatic rings. The van der Waals surface area contributed by atoms with Gasteiger partial charge in [0.2, 0.25) is 11.8 Å². The van der Waals surface area contributed by atoms with Crippen LogP contribution in [0.4, 0.5) is 5.69 Å². The molecular formula is C15H23N5O2. The summed E-state index contributed by atoms with van der Waals surface area (Å²) in [6, 6.07) is -0.477. The van der Waals surface area contributed by atoms with Crippen LogP contribution in [0.1, 0.15) is 38.5 Å². The number of anilines is 1. The van der Waals surface area contributed by atoms with Gasteiger partial charge in [-0.15, -0.1) is 0 Å². The number of carbonyl (C=O) groups is 2. The maximum Gasteiger partial charge on any atom is 0.249 e. The van der Waals surface area contributed by atoms with Gasteiger partial charge in [0.05, 0.1) is 17.4 Å². The van der Waals surface area contributed by atoms with E-state index in [1.165, 1.54) is 0 Å². The van der Waals surface area contributed by atoms with Crippen LogP contribution < -0.4 is 16.0 Å². The third-order valence-corrected chi connectivity index (χ3v) is 4.71. The molecule has 7 nitrogen and oxygen atoms in total. The summed E-state index contributed by atoms with van der Waals surface area (Å²) in [7, 11) is 1.81. The fourth-order valence-electron chi connectivity index (χ4n) is 3.33. The van der Waals surface area contributed by atoms with Crippen LogP contribution in [0, 0.1) is 0 Å². The van der Waals surface area contributed by atoms with Gasteiger partial charge in [-0.2, -0.15) is 5.10 Å². The van der Waals surface area contributed by atoms with Gasteiger partial charge in [0.1, 0.15) is 6.04 Å². The molecule has 3 rings (SSSR count). The maximum atomic E-state index is 12.5. The largest absolute Gasteiger partial charge is 0.343 e. The molecule has 0 spiro atoms. The number of aryl methyl sites for hydroxylation is 1. The normalized spacial score (nSPS) is 24.5. The van der Waals surface area contributed by atoms with Crippen LogP contribution in [-0.2, 0) is 16.6 Å². The van der Waals surface area contributed by atoms with Crippen LogP contribution in [0.15, 0.2) is 12.4 Å². The van der Waals surface area contributed by atoms with Gasteiger partial charge in [0.15, 0.2) is 0 Å². The van der Waals surface area contributed by atoms with Crippen molar-refractivity contribution < 1.29 is 9.59 Å². The standard InChI is InChI=1S/C15H23N5O2/c1-19-10-11(9-17-19)20-8-5-12(13(20)21)18-14(22)15(16)6-3-2-4-7-15/h9-10,12H,2-8,16H2,1H3,(H,18,22). The maximum absolute atomic E-state index is 12.5. The van der Waals surface area contributed by atoms with Gasteiger partial charge in [-0.25, -0.2) is 0 Å². The third kappa shape index (κ3) is 2.72. The van der Waals surface area contributed by atoms with E-state index in [2.05, 4.69) is 10.4 Å². The van der Waals surface area contributed by atoms with Crippen LogP contribution >= 0.6 is 0 Å². The van der Waals surface area contributed by atoms with E-state index in [0.29, 0.717) is 25.8 Å². The van der Waals surface area contributed by atoms with E-state index in [9.17, 15) is 9.59 Å². The van der Waals surface area contributed by atoms with Crippen LogP contribution in [0.2, 0.25) is 0 Å². The lowest BCUT2D eigenvalue weighted by atomic mass is 9.81. The molecule has 1 aromatic rings. The molecule has 1 atom stereocenters. The van der Waals surface area contributed by atoms with Gasteiger partial charge >= 0.3 is 0 Å². The highest BCUT2D eigenvalue weighted by Gasteiger charge is 2.40. The van der Waals surface area contributed by atoms with Crippen molar-refractivity contribution in [2.24, 2.45) is 12.8 Å². The quantitative estimate of drug-likeness (QED) is 0.840. The minimum atomic E-state index is -0.805.